The summed E-state index contributed by atoms with van der Waals surface area (Å²) < 4.78 is 4.73. The number of carbonyl (C=O) groups is 1. The highest BCUT2D eigenvalue weighted by atomic mass is 16.5. The fourth-order valence-corrected chi connectivity index (χ4v) is 2.08. The summed E-state index contributed by atoms with van der Waals surface area (Å²) in [7, 11) is 3.55. The van der Waals surface area contributed by atoms with E-state index in [4.69, 9.17) is 4.74 Å². The van der Waals surface area contributed by atoms with Gasteiger partial charge in [0.25, 0.3) is 0 Å². The van der Waals surface area contributed by atoms with Crippen LogP contribution in [0.1, 0.15) is 35.3 Å². The molecule has 0 aliphatic carbocycles. The molecule has 0 atom stereocenters. The van der Waals surface area contributed by atoms with E-state index in [2.05, 4.69) is 18.0 Å². The van der Waals surface area contributed by atoms with E-state index in [1.165, 1.54) is 18.2 Å². The van der Waals surface area contributed by atoms with Gasteiger partial charge >= 0.3 is 5.97 Å². The normalized spacial score (nSPS) is 14.9. The minimum atomic E-state index is -0.250. The number of carbonyl (C=O) groups excluding carboxylic acids is 1. The first-order valence-electron chi connectivity index (χ1n) is 6.59. The molecule has 0 radical (unpaired) electrons. The molecular weight excluding hydrogens is 226 g/mol. The SMILES string of the molecule is CC.COC(=O)c1ccc2c(c1)CCN(C)CC2. The molecule has 0 saturated heterocycles. The van der Waals surface area contributed by atoms with Crippen LogP contribution in [0.15, 0.2) is 18.2 Å². The third-order valence-corrected chi connectivity index (χ3v) is 3.15. The Balaban J connectivity index is 0.000000771. The molecule has 3 heteroatoms. The van der Waals surface area contributed by atoms with Crippen LogP contribution in [0.4, 0.5) is 0 Å². The predicted octanol–water partition coefficient (Wildman–Crippen LogP) is 2.53. The highest BCUT2D eigenvalue weighted by Crippen LogP contribution is 2.17. The van der Waals surface area contributed by atoms with Crippen LogP contribution < -0.4 is 0 Å². The smallest absolute Gasteiger partial charge is 0.337 e. The van der Waals surface area contributed by atoms with Crippen LogP contribution in [0, 0.1) is 0 Å². The summed E-state index contributed by atoms with van der Waals surface area (Å²) in [5, 5.41) is 0. The van der Waals surface area contributed by atoms with Crippen LogP contribution >= 0.6 is 0 Å². The first kappa shape index (κ1) is 14.7. The van der Waals surface area contributed by atoms with Crippen LogP contribution in [0.2, 0.25) is 0 Å². The topological polar surface area (TPSA) is 29.5 Å². The molecule has 0 spiro atoms. The number of rotatable bonds is 1. The molecule has 2 rings (SSSR count). The van der Waals surface area contributed by atoms with Gasteiger partial charge in [0, 0.05) is 13.1 Å². The van der Waals surface area contributed by atoms with Crippen molar-refractivity contribution in [1.29, 1.82) is 0 Å². The second-order valence-corrected chi connectivity index (χ2v) is 4.28. The summed E-state index contributed by atoms with van der Waals surface area (Å²) in [4.78, 5) is 13.7. The monoisotopic (exact) mass is 249 g/mol. The maximum atomic E-state index is 11.4. The maximum Gasteiger partial charge on any atom is 0.337 e. The molecule has 0 unspecified atom stereocenters. The number of nitrogens with zero attached hydrogens (tertiary/aromatic N) is 1. The zero-order chi connectivity index (χ0) is 13.5. The number of likely N-dealkylation sites (N-methyl/N-ethyl adjacent to an activating group) is 1. The van der Waals surface area contributed by atoms with Gasteiger partial charge in [-0.15, -0.1) is 0 Å². The van der Waals surface area contributed by atoms with E-state index in [0.717, 1.165) is 25.9 Å². The summed E-state index contributed by atoms with van der Waals surface area (Å²) in [6.45, 7) is 6.14. The zero-order valence-electron chi connectivity index (χ0n) is 11.8. The third kappa shape index (κ3) is 3.57. The Bertz CT molecular complexity index is 401. The average molecular weight is 249 g/mol. The van der Waals surface area contributed by atoms with E-state index < -0.39 is 0 Å². The second-order valence-electron chi connectivity index (χ2n) is 4.28. The first-order valence-corrected chi connectivity index (χ1v) is 6.59. The van der Waals surface area contributed by atoms with Gasteiger partial charge in [0.1, 0.15) is 0 Å². The zero-order valence-corrected chi connectivity index (χ0v) is 11.8. The van der Waals surface area contributed by atoms with Gasteiger partial charge in [-0.1, -0.05) is 19.9 Å². The highest BCUT2D eigenvalue weighted by Gasteiger charge is 2.13. The lowest BCUT2D eigenvalue weighted by Gasteiger charge is -2.10. The van der Waals surface area contributed by atoms with Crippen LogP contribution in [0.3, 0.4) is 0 Å². The fourth-order valence-electron chi connectivity index (χ4n) is 2.08. The Morgan fingerprint density at radius 2 is 1.78 bits per heavy atom. The molecule has 0 bridgehead atoms. The lowest BCUT2D eigenvalue weighted by Crippen LogP contribution is -2.20. The summed E-state index contributed by atoms with van der Waals surface area (Å²) in [5.74, 6) is -0.250. The van der Waals surface area contributed by atoms with E-state index in [1.54, 1.807) is 0 Å². The van der Waals surface area contributed by atoms with Crippen LogP contribution in [-0.4, -0.2) is 38.1 Å². The molecule has 0 N–H and O–H groups in total. The van der Waals surface area contributed by atoms with Gasteiger partial charge < -0.3 is 9.64 Å². The second kappa shape index (κ2) is 7.17. The molecule has 1 heterocycles. The number of methoxy groups -OCH3 is 1. The van der Waals surface area contributed by atoms with E-state index in [1.807, 2.05) is 26.0 Å². The fraction of sp³-hybridized carbons (Fsp3) is 0.533. The lowest BCUT2D eigenvalue weighted by atomic mass is 10.0. The number of ether oxygens (including phenoxy) is 1. The van der Waals surface area contributed by atoms with Crippen molar-refractivity contribution < 1.29 is 9.53 Å². The van der Waals surface area contributed by atoms with Crippen LogP contribution in [-0.2, 0) is 17.6 Å². The number of fused-ring (bicyclic) bond motifs is 1. The molecule has 100 valence electrons. The van der Waals surface area contributed by atoms with E-state index in [9.17, 15) is 4.79 Å². The van der Waals surface area contributed by atoms with Gasteiger partial charge in [0.2, 0.25) is 0 Å². The Morgan fingerprint density at radius 3 is 2.39 bits per heavy atom. The maximum absolute atomic E-state index is 11.4. The summed E-state index contributed by atoms with van der Waals surface area (Å²) in [5.41, 5.74) is 3.30. The van der Waals surface area contributed by atoms with Crippen LogP contribution in [0.5, 0.6) is 0 Å². The minimum absolute atomic E-state index is 0.250. The van der Waals surface area contributed by atoms with Crippen molar-refractivity contribution in [2.45, 2.75) is 26.7 Å². The Morgan fingerprint density at radius 1 is 1.17 bits per heavy atom. The van der Waals surface area contributed by atoms with Gasteiger partial charge in [-0.3, -0.25) is 0 Å². The quantitative estimate of drug-likeness (QED) is 0.716. The van der Waals surface area contributed by atoms with Crippen molar-refractivity contribution in [3.63, 3.8) is 0 Å². The molecule has 18 heavy (non-hydrogen) atoms. The third-order valence-electron chi connectivity index (χ3n) is 3.15. The number of hydrogen-bond donors (Lipinski definition) is 0. The van der Waals surface area contributed by atoms with Crippen molar-refractivity contribution in [2.24, 2.45) is 0 Å². The molecule has 1 aromatic carbocycles. The van der Waals surface area contributed by atoms with Crippen molar-refractivity contribution in [3.05, 3.63) is 34.9 Å². The van der Waals surface area contributed by atoms with Gasteiger partial charge in [-0.25, -0.2) is 4.79 Å². The van der Waals surface area contributed by atoms with Gasteiger partial charge in [0.05, 0.1) is 12.7 Å². The summed E-state index contributed by atoms with van der Waals surface area (Å²) >= 11 is 0. The first-order chi connectivity index (χ1) is 8.70. The van der Waals surface area contributed by atoms with E-state index in [-0.39, 0.29) is 5.97 Å². The van der Waals surface area contributed by atoms with Crippen molar-refractivity contribution in [1.82, 2.24) is 4.90 Å². The van der Waals surface area contributed by atoms with E-state index in [0.29, 0.717) is 5.56 Å². The summed E-state index contributed by atoms with van der Waals surface area (Å²) in [6, 6.07) is 5.89. The predicted molar refractivity (Wildman–Crippen MR) is 74.0 cm³/mol. The molecule has 1 aliphatic heterocycles. The lowest BCUT2D eigenvalue weighted by molar-refractivity contribution is 0.0600. The van der Waals surface area contributed by atoms with Crippen molar-refractivity contribution in [2.75, 3.05) is 27.2 Å². The van der Waals surface area contributed by atoms with Crippen molar-refractivity contribution >= 4 is 5.97 Å². The van der Waals surface area contributed by atoms with Crippen LogP contribution in [0.25, 0.3) is 0 Å². The van der Waals surface area contributed by atoms with Gasteiger partial charge in [-0.05, 0) is 43.1 Å². The van der Waals surface area contributed by atoms with Gasteiger partial charge in [0.15, 0.2) is 0 Å². The number of esters is 1. The number of hydrogen-bond acceptors (Lipinski definition) is 3. The Kier molecular flexibility index (Phi) is 5.86. The summed E-state index contributed by atoms with van der Waals surface area (Å²) in [6.07, 6.45) is 2.07. The largest absolute Gasteiger partial charge is 0.465 e. The molecule has 0 fully saturated rings. The molecule has 0 aromatic heterocycles. The molecule has 1 aliphatic rings. The van der Waals surface area contributed by atoms with Gasteiger partial charge in [-0.2, -0.15) is 0 Å². The van der Waals surface area contributed by atoms with E-state index >= 15 is 0 Å². The highest BCUT2D eigenvalue weighted by molar-refractivity contribution is 5.89. The number of benzene rings is 1. The molecule has 3 nitrogen and oxygen atoms in total. The molecule has 1 aromatic rings. The molecule has 0 amide bonds. The average Bonchev–Trinajstić information content (AvgIpc) is 2.62. The standard InChI is InChI=1S/C13H17NO2.C2H6/c1-14-7-5-10-3-4-12(13(15)16-2)9-11(10)6-8-14;1-2/h3-4,9H,5-8H2,1-2H3;1-2H3. The minimum Gasteiger partial charge on any atom is -0.465 e. The Labute approximate surface area is 110 Å². The molecule has 0 saturated carbocycles. The molecular formula is C15H23NO2. The Hall–Kier alpha value is -1.35. The van der Waals surface area contributed by atoms with Crippen molar-refractivity contribution in [3.8, 4) is 0 Å².